The number of piperidine rings is 1. The first kappa shape index (κ1) is 16.2. The van der Waals surface area contributed by atoms with Gasteiger partial charge in [-0.3, -0.25) is 9.59 Å². The zero-order valence-electron chi connectivity index (χ0n) is 11.8. The Labute approximate surface area is 120 Å². The average molecular weight is 290 g/mol. The van der Waals surface area contributed by atoms with Gasteiger partial charge in [0.25, 0.3) is 0 Å². The van der Waals surface area contributed by atoms with E-state index in [0.717, 1.165) is 12.8 Å². The molecule has 3 atom stereocenters. The van der Waals surface area contributed by atoms with Crippen molar-refractivity contribution in [2.75, 3.05) is 7.05 Å². The van der Waals surface area contributed by atoms with E-state index in [1.54, 1.807) is 6.92 Å². The van der Waals surface area contributed by atoms with E-state index in [2.05, 4.69) is 10.6 Å². The Kier molecular flexibility index (Phi) is 5.62. The van der Waals surface area contributed by atoms with Gasteiger partial charge in [0.15, 0.2) is 0 Å². The van der Waals surface area contributed by atoms with Crippen LogP contribution in [0.25, 0.3) is 0 Å². The molecule has 0 saturated carbocycles. The molecule has 6 heteroatoms. The van der Waals surface area contributed by atoms with E-state index in [9.17, 15) is 9.59 Å². The normalized spacial score (nSPS) is 30.2. The van der Waals surface area contributed by atoms with E-state index in [4.69, 9.17) is 0 Å². The number of halogens is 1. The lowest BCUT2D eigenvalue weighted by molar-refractivity contribution is -0.136. The van der Waals surface area contributed by atoms with Crippen LogP contribution < -0.4 is 10.6 Å². The Hall–Kier alpha value is -0.810. The van der Waals surface area contributed by atoms with Crippen LogP contribution in [0.1, 0.15) is 39.5 Å². The Morgan fingerprint density at radius 3 is 2.26 bits per heavy atom. The number of fused-ring (bicyclic) bond motifs is 2. The third-order valence-electron chi connectivity index (χ3n) is 4.13. The number of carbonyl (C=O) groups is 2. The third-order valence-corrected chi connectivity index (χ3v) is 4.13. The molecule has 2 aliphatic rings. The molecule has 2 N–H and O–H groups in total. The van der Waals surface area contributed by atoms with E-state index in [-0.39, 0.29) is 24.2 Å². The molecule has 2 aliphatic heterocycles. The van der Waals surface area contributed by atoms with E-state index in [0.29, 0.717) is 18.1 Å². The quantitative estimate of drug-likeness (QED) is 0.803. The summed E-state index contributed by atoms with van der Waals surface area (Å²) in [7, 11) is 1.86. The van der Waals surface area contributed by atoms with E-state index < -0.39 is 6.04 Å². The van der Waals surface area contributed by atoms with Gasteiger partial charge in [-0.25, -0.2) is 0 Å². The first-order valence-electron chi connectivity index (χ1n) is 6.77. The molecule has 0 aliphatic carbocycles. The van der Waals surface area contributed by atoms with Gasteiger partial charge in [-0.2, -0.15) is 0 Å². The molecule has 0 aromatic carbocycles. The topological polar surface area (TPSA) is 61.4 Å². The number of amides is 2. The molecule has 2 amide bonds. The highest BCUT2D eigenvalue weighted by atomic mass is 35.5. The molecule has 0 spiro atoms. The first-order valence-corrected chi connectivity index (χ1v) is 6.77. The summed E-state index contributed by atoms with van der Waals surface area (Å²) in [6.07, 6.45) is 4.52. The lowest BCUT2D eigenvalue weighted by Gasteiger charge is -2.36. The first-order chi connectivity index (χ1) is 8.47. The molecule has 0 radical (unpaired) electrons. The molecule has 0 aromatic rings. The summed E-state index contributed by atoms with van der Waals surface area (Å²) in [6, 6.07) is 1.02. The number of nitrogens with zero attached hydrogens (tertiary/aromatic N) is 1. The van der Waals surface area contributed by atoms with Crippen molar-refractivity contribution in [2.24, 2.45) is 0 Å². The SMILES string of the molecule is CC(=O)NC(C)C(=O)N(C)C1CC2CCC(C1)N2.Cl. The number of likely N-dealkylation sites (N-methyl/N-ethyl adjacent to an activating group) is 1. The Morgan fingerprint density at radius 1 is 1.26 bits per heavy atom. The summed E-state index contributed by atoms with van der Waals surface area (Å²) in [6.45, 7) is 3.18. The molecule has 110 valence electrons. The molecule has 5 nitrogen and oxygen atoms in total. The summed E-state index contributed by atoms with van der Waals surface area (Å²) in [5, 5.41) is 6.22. The van der Waals surface area contributed by atoms with Crippen molar-refractivity contribution < 1.29 is 9.59 Å². The molecule has 3 unspecified atom stereocenters. The zero-order valence-corrected chi connectivity index (χ0v) is 12.6. The van der Waals surface area contributed by atoms with Crippen molar-refractivity contribution in [1.29, 1.82) is 0 Å². The Balaban J connectivity index is 0.00000180. The molecular formula is C13H24ClN3O2. The zero-order chi connectivity index (χ0) is 13.3. The van der Waals surface area contributed by atoms with E-state index in [1.807, 2.05) is 11.9 Å². The van der Waals surface area contributed by atoms with Crippen molar-refractivity contribution in [1.82, 2.24) is 15.5 Å². The predicted octanol–water partition coefficient (Wildman–Crippen LogP) is 0.674. The van der Waals surface area contributed by atoms with Crippen LogP contribution in [-0.2, 0) is 9.59 Å². The Morgan fingerprint density at radius 2 is 1.79 bits per heavy atom. The minimum absolute atomic E-state index is 0. The minimum atomic E-state index is -0.431. The number of rotatable bonds is 3. The largest absolute Gasteiger partial charge is 0.345 e. The predicted molar refractivity (Wildman–Crippen MR) is 76.3 cm³/mol. The van der Waals surface area contributed by atoms with Gasteiger partial charge < -0.3 is 15.5 Å². The van der Waals surface area contributed by atoms with Gasteiger partial charge in [0.2, 0.25) is 11.8 Å². The molecule has 19 heavy (non-hydrogen) atoms. The van der Waals surface area contributed by atoms with Crippen LogP contribution in [0.2, 0.25) is 0 Å². The lowest BCUT2D eigenvalue weighted by Crippen LogP contribution is -2.53. The Bertz CT molecular complexity index is 339. The van der Waals surface area contributed by atoms with Crippen LogP contribution in [0.15, 0.2) is 0 Å². The fourth-order valence-corrected chi connectivity index (χ4v) is 3.20. The van der Waals surface area contributed by atoms with Crippen LogP contribution in [-0.4, -0.2) is 47.9 Å². The molecular weight excluding hydrogens is 266 g/mol. The van der Waals surface area contributed by atoms with Crippen molar-refractivity contribution in [3.8, 4) is 0 Å². The number of hydrogen-bond donors (Lipinski definition) is 2. The maximum atomic E-state index is 12.2. The van der Waals surface area contributed by atoms with Gasteiger partial charge >= 0.3 is 0 Å². The third kappa shape index (κ3) is 3.83. The van der Waals surface area contributed by atoms with Gasteiger partial charge in [-0.15, -0.1) is 12.4 Å². The fourth-order valence-electron chi connectivity index (χ4n) is 3.20. The molecule has 0 aromatic heterocycles. The van der Waals surface area contributed by atoms with Crippen LogP contribution >= 0.6 is 12.4 Å². The molecule has 2 bridgehead atoms. The highest BCUT2D eigenvalue weighted by molar-refractivity contribution is 5.86. The van der Waals surface area contributed by atoms with Crippen LogP contribution in [0.3, 0.4) is 0 Å². The fraction of sp³-hybridized carbons (Fsp3) is 0.846. The second-order valence-corrected chi connectivity index (χ2v) is 5.63. The summed E-state index contributed by atoms with van der Waals surface area (Å²) in [4.78, 5) is 25.0. The van der Waals surface area contributed by atoms with Crippen molar-refractivity contribution >= 4 is 24.2 Å². The second-order valence-electron chi connectivity index (χ2n) is 5.63. The number of nitrogens with one attached hydrogen (secondary N) is 2. The second kappa shape index (κ2) is 6.57. The lowest BCUT2D eigenvalue weighted by atomic mass is 9.98. The van der Waals surface area contributed by atoms with Gasteiger partial charge in [-0.1, -0.05) is 0 Å². The van der Waals surface area contributed by atoms with Crippen LogP contribution in [0, 0.1) is 0 Å². The highest BCUT2D eigenvalue weighted by Gasteiger charge is 2.37. The summed E-state index contributed by atoms with van der Waals surface area (Å²) in [5.41, 5.74) is 0. The van der Waals surface area contributed by atoms with Crippen LogP contribution in [0.4, 0.5) is 0 Å². The summed E-state index contributed by atoms with van der Waals surface area (Å²) >= 11 is 0. The molecule has 2 rings (SSSR count). The van der Waals surface area contributed by atoms with Crippen molar-refractivity contribution in [2.45, 2.75) is 63.7 Å². The maximum Gasteiger partial charge on any atom is 0.244 e. The smallest absolute Gasteiger partial charge is 0.244 e. The number of hydrogen-bond acceptors (Lipinski definition) is 3. The number of carbonyl (C=O) groups excluding carboxylic acids is 2. The molecule has 2 heterocycles. The van der Waals surface area contributed by atoms with Crippen molar-refractivity contribution in [3.63, 3.8) is 0 Å². The van der Waals surface area contributed by atoms with Gasteiger partial charge in [0.05, 0.1) is 0 Å². The standard InChI is InChI=1S/C13H23N3O2.ClH/c1-8(14-9(2)17)13(18)16(3)12-6-10-4-5-11(7-12)15-10;/h8,10-12,15H,4-7H2,1-3H3,(H,14,17);1H. The molecule has 2 saturated heterocycles. The average Bonchev–Trinajstić information content (AvgIpc) is 2.65. The van der Waals surface area contributed by atoms with E-state index >= 15 is 0 Å². The summed E-state index contributed by atoms with van der Waals surface area (Å²) < 4.78 is 0. The van der Waals surface area contributed by atoms with Gasteiger partial charge in [-0.05, 0) is 32.6 Å². The minimum Gasteiger partial charge on any atom is -0.345 e. The highest BCUT2D eigenvalue weighted by Crippen LogP contribution is 2.29. The maximum absolute atomic E-state index is 12.2. The van der Waals surface area contributed by atoms with Crippen LogP contribution in [0.5, 0.6) is 0 Å². The molecule has 2 fully saturated rings. The summed E-state index contributed by atoms with van der Waals surface area (Å²) in [5.74, 6) is -0.147. The van der Waals surface area contributed by atoms with Gasteiger partial charge in [0, 0.05) is 32.1 Å². The van der Waals surface area contributed by atoms with Crippen molar-refractivity contribution in [3.05, 3.63) is 0 Å². The van der Waals surface area contributed by atoms with Gasteiger partial charge in [0.1, 0.15) is 6.04 Å². The monoisotopic (exact) mass is 289 g/mol. The van der Waals surface area contributed by atoms with E-state index in [1.165, 1.54) is 19.8 Å².